The second-order valence-corrected chi connectivity index (χ2v) is 6.67. The van der Waals surface area contributed by atoms with Crippen LogP contribution in [-0.4, -0.2) is 16.3 Å². The zero-order valence-corrected chi connectivity index (χ0v) is 15.9. The van der Waals surface area contributed by atoms with Crippen molar-refractivity contribution in [1.29, 1.82) is 0 Å². The number of hydrogen-bond donors (Lipinski definition) is 0. The fourth-order valence-electron chi connectivity index (χ4n) is 2.63. The van der Waals surface area contributed by atoms with Gasteiger partial charge in [-0.25, -0.2) is 22.5 Å². The van der Waals surface area contributed by atoms with Gasteiger partial charge < -0.3 is 14.3 Å². The standard InChI is InChI=1S/C21H16F4N2O3/c1-11(2)15(10-28)14-9-26-21(30-19-6-4-13(23)8-17(19)25)27-20(14)29-18-5-3-12(22)7-16(18)24/h3-11,15H,1-2H3. The Morgan fingerprint density at radius 1 is 0.900 bits per heavy atom. The van der Waals surface area contributed by atoms with E-state index in [0.29, 0.717) is 18.4 Å². The molecule has 1 aromatic heterocycles. The monoisotopic (exact) mass is 420 g/mol. The number of benzene rings is 2. The molecule has 0 spiro atoms. The lowest BCUT2D eigenvalue weighted by molar-refractivity contribution is -0.109. The number of carbonyl (C=O) groups excluding carboxylic acids is 1. The third-order valence-electron chi connectivity index (χ3n) is 4.18. The van der Waals surface area contributed by atoms with Crippen molar-refractivity contribution >= 4 is 6.29 Å². The van der Waals surface area contributed by atoms with Gasteiger partial charge in [-0.1, -0.05) is 13.8 Å². The van der Waals surface area contributed by atoms with Crippen molar-refractivity contribution in [2.24, 2.45) is 5.92 Å². The Morgan fingerprint density at radius 3 is 1.97 bits per heavy atom. The van der Waals surface area contributed by atoms with Gasteiger partial charge in [-0.05, 0) is 30.2 Å². The second-order valence-electron chi connectivity index (χ2n) is 6.67. The van der Waals surface area contributed by atoms with Crippen LogP contribution in [0.5, 0.6) is 23.4 Å². The van der Waals surface area contributed by atoms with Crippen molar-refractivity contribution in [2.45, 2.75) is 19.8 Å². The van der Waals surface area contributed by atoms with Gasteiger partial charge in [0.05, 0.1) is 0 Å². The molecular formula is C21H16F4N2O3. The van der Waals surface area contributed by atoms with E-state index in [-0.39, 0.29) is 34.9 Å². The molecule has 3 aromatic rings. The van der Waals surface area contributed by atoms with Crippen LogP contribution >= 0.6 is 0 Å². The third kappa shape index (κ3) is 4.73. The van der Waals surface area contributed by atoms with Crippen LogP contribution in [0.15, 0.2) is 42.6 Å². The molecule has 0 radical (unpaired) electrons. The number of hydrogen-bond acceptors (Lipinski definition) is 5. The molecule has 9 heteroatoms. The summed E-state index contributed by atoms with van der Waals surface area (Å²) < 4.78 is 64.9. The third-order valence-corrected chi connectivity index (χ3v) is 4.18. The zero-order valence-electron chi connectivity index (χ0n) is 15.9. The highest BCUT2D eigenvalue weighted by atomic mass is 19.1. The molecule has 1 unspecified atom stereocenters. The first-order valence-corrected chi connectivity index (χ1v) is 8.86. The van der Waals surface area contributed by atoms with Crippen LogP contribution in [0.4, 0.5) is 17.6 Å². The number of ether oxygens (including phenoxy) is 2. The maximum absolute atomic E-state index is 14.1. The topological polar surface area (TPSA) is 61.3 Å². The van der Waals surface area contributed by atoms with Crippen molar-refractivity contribution in [3.8, 4) is 23.4 Å². The van der Waals surface area contributed by atoms with Gasteiger partial charge >= 0.3 is 6.01 Å². The first-order chi connectivity index (χ1) is 14.3. The molecule has 3 rings (SSSR count). The van der Waals surface area contributed by atoms with Gasteiger partial charge in [0.1, 0.15) is 17.9 Å². The summed E-state index contributed by atoms with van der Waals surface area (Å²) in [6.07, 6.45) is 1.90. The smallest absolute Gasteiger partial charge is 0.325 e. The lowest BCUT2D eigenvalue weighted by Gasteiger charge is -2.18. The Hall–Kier alpha value is -3.49. The number of aromatic nitrogens is 2. The van der Waals surface area contributed by atoms with E-state index < -0.39 is 29.2 Å². The summed E-state index contributed by atoms with van der Waals surface area (Å²) in [5.41, 5.74) is 0.232. The Labute approximate surface area is 169 Å². The number of rotatable bonds is 7. The Bertz CT molecular complexity index is 1080. The largest absolute Gasteiger partial charge is 0.435 e. The maximum atomic E-state index is 14.1. The van der Waals surface area contributed by atoms with Crippen LogP contribution in [0.1, 0.15) is 25.3 Å². The fraction of sp³-hybridized carbons (Fsp3) is 0.190. The SMILES string of the molecule is CC(C)C(C=O)c1cnc(Oc2ccc(F)cc2F)nc1Oc1ccc(F)cc1F. The minimum Gasteiger partial charge on any atom is -0.435 e. The first-order valence-electron chi connectivity index (χ1n) is 8.86. The molecule has 0 aliphatic rings. The number of aldehydes is 1. The van der Waals surface area contributed by atoms with Crippen LogP contribution in [-0.2, 0) is 4.79 Å². The predicted octanol–water partition coefficient (Wildman–Crippen LogP) is 5.56. The van der Waals surface area contributed by atoms with Crippen LogP contribution in [0.3, 0.4) is 0 Å². The minimum absolute atomic E-state index is 0.173. The van der Waals surface area contributed by atoms with Gasteiger partial charge in [0, 0.05) is 29.8 Å². The zero-order chi connectivity index (χ0) is 21.8. The van der Waals surface area contributed by atoms with E-state index in [0.717, 1.165) is 24.3 Å². The molecule has 2 aromatic carbocycles. The fourth-order valence-corrected chi connectivity index (χ4v) is 2.63. The van der Waals surface area contributed by atoms with Gasteiger partial charge in [-0.15, -0.1) is 0 Å². The molecule has 30 heavy (non-hydrogen) atoms. The Kier molecular flexibility index (Phi) is 6.29. The van der Waals surface area contributed by atoms with E-state index in [1.54, 1.807) is 13.8 Å². The quantitative estimate of drug-likeness (QED) is 0.370. The van der Waals surface area contributed by atoms with E-state index in [1.807, 2.05) is 0 Å². The summed E-state index contributed by atoms with van der Waals surface area (Å²) in [5, 5.41) is 0. The van der Waals surface area contributed by atoms with E-state index >= 15 is 0 Å². The molecule has 0 bridgehead atoms. The summed E-state index contributed by atoms with van der Waals surface area (Å²) in [6.45, 7) is 3.55. The molecule has 156 valence electrons. The van der Waals surface area contributed by atoms with E-state index in [4.69, 9.17) is 9.47 Å². The van der Waals surface area contributed by atoms with E-state index in [1.165, 1.54) is 6.20 Å². The van der Waals surface area contributed by atoms with Gasteiger partial charge in [0.2, 0.25) is 5.88 Å². The molecular weight excluding hydrogens is 404 g/mol. The molecule has 0 saturated heterocycles. The van der Waals surface area contributed by atoms with Crippen molar-refractivity contribution in [3.63, 3.8) is 0 Å². The van der Waals surface area contributed by atoms with E-state index in [9.17, 15) is 22.4 Å². The Morgan fingerprint density at radius 2 is 1.47 bits per heavy atom. The average molecular weight is 420 g/mol. The highest BCUT2D eigenvalue weighted by Gasteiger charge is 2.24. The van der Waals surface area contributed by atoms with Crippen molar-refractivity contribution in [3.05, 3.63) is 71.4 Å². The molecule has 0 N–H and O–H groups in total. The maximum Gasteiger partial charge on any atom is 0.325 e. The predicted molar refractivity (Wildman–Crippen MR) is 98.5 cm³/mol. The summed E-state index contributed by atoms with van der Waals surface area (Å²) in [5.74, 6) is -5.35. The summed E-state index contributed by atoms with van der Waals surface area (Å²) in [6, 6.07) is 4.95. The van der Waals surface area contributed by atoms with Crippen molar-refractivity contribution in [1.82, 2.24) is 9.97 Å². The molecule has 0 fully saturated rings. The molecule has 5 nitrogen and oxygen atoms in total. The second kappa shape index (κ2) is 8.89. The normalized spacial score (nSPS) is 12.0. The van der Waals surface area contributed by atoms with E-state index in [2.05, 4.69) is 9.97 Å². The highest BCUT2D eigenvalue weighted by molar-refractivity contribution is 5.64. The lowest BCUT2D eigenvalue weighted by Crippen LogP contribution is -2.11. The molecule has 0 aliphatic carbocycles. The molecule has 1 atom stereocenters. The van der Waals surface area contributed by atoms with Gasteiger partial charge in [-0.2, -0.15) is 4.98 Å². The average Bonchev–Trinajstić information content (AvgIpc) is 2.68. The molecule has 0 aliphatic heterocycles. The van der Waals surface area contributed by atoms with Gasteiger partial charge in [-0.3, -0.25) is 0 Å². The van der Waals surface area contributed by atoms with Crippen LogP contribution < -0.4 is 9.47 Å². The van der Waals surface area contributed by atoms with Crippen molar-refractivity contribution in [2.75, 3.05) is 0 Å². The summed E-state index contributed by atoms with van der Waals surface area (Å²) >= 11 is 0. The van der Waals surface area contributed by atoms with Crippen LogP contribution in [0.2, 0.25) is 0 Å². The molecule has 1 heterocycles. The molecule has 0 saturated carbocycles. The summed E-state index contributed by atoms with van der Waals surface area (Å²) in [7, 11) is 0. The van der Waals surface area contributed by atoms with Crippen molar-refractivity contribution < 1.29 is 31.8 Å². The number of carbonyl (C=O) groups is 1. The lowest BCUT2D eigenvalue weighted by atomic mass is 9.91. The summed E-state index contributed by atoms with van der Waals surface area (Å²) in [4.78, 5) is 19.5. The number of halogens is 4. The molecule has 0 amide bonds. The van der Waals surface area contributed by atoms with Gasteiger partial charge in [0.25, 0.3) is 0 Å². The highest BCUT2D eigenvalue weighted by Crippen LogP contribution is 2.34. The van der Waals surface area contributed by atoms with Crippen LogP contribution in [0.25, 0.3) is 0 Å². The van der Waals surface area contributed by atoms with Gasteiger partial charge in [0.15, 0.2) is 23.1 Å². The first kappa shape index (κ1) is 21.2. The Balaban J connectivity index is 2.02. The number of nitrogens with zero attached hydrogens (tertiary/aromatic N) is 2. The van der Waals surface area contributed by atoms with Crippen LogP contribution in [0, 0.1) is 29.2 Å². The minimum atomic E-state index is -0.987.